The highest BCUT2D eigenvalue weighted by Crippen LogP contribution is 2.19. The summed E-state index contributed by atoms with van der Waals surface area (Å²) >= 11 is 0. The number of carbonyl (C=O) groups excluding carboxylic acids is 2. The zero-order chi connectivity index (χ0) is 15.9. The number of aliphatic imine (C=N–C) groups is 1. The second kappa shape index (κ2) is 7.17. The van der Waals surface area contributed by atoms with Gasteiger partial charge in [-0.25, -0.2) is 9.59 Å². The number of rotatable bonds is 4. The Bertz CT molecular complexity index is 674. The van der Waals surface area contributed by atoms with Crippen LogP contribution in [-0.2, 0) is 9.47 Å². The molecule has 0 atom stereocenters. The molecule has 0 radical (unpaired) electrons. The molecule has 0 unspecified atom stereocenters. The smallest absolute Gasteiger partial charge is 0.337 e. The number of benzene rings is 2. The molecule has 0 aliphatic rings. The van der Waals surface area contributed by atoms with Crippen molar-refractivity contribution in [2.75, 3.05) is 14.2 Å². The second-order valence-corrected chi connectivity index (χ2v) is 4.42. The van der Waals surface area contributed by atoms with Crippen LogP contribution in [0.2, 0.25) is 0 Å². The Labute approximate surface area is 128 Å². The standard InChI is InChI=1S/C17H15NO4/c1-21-16(19)13-8-14(17(20)22-2)10-15(9-13)18-11-12-6-4-3-5-7-12/h3-11H,1-2H3. The summed E-state index contributed by atoms with van der Waals surface area (Å²) in [6.07, 6.45) is 1.65. The fourth-order valence-electron chi connectivity index (χ4n) is 1.85. The summed E-state index contributed by atoms with van der Waals surface area (Å²) in [5.41, 5.74) is 1.86. The van der Waals surface area contributed by atoms with Crippen molar-refractivity contribution in [1.29, 1.82) is 0 Å². The third kappa shape index (κ3) is 3.79. The Morgan fingerprint density at radius 1 is 0.909 bits per heavy atom. The third-order valence-electron chi connectivity index (χ3n) is 2.92. The highest BCUT2D eigenvalue weighted by molar-refractivity contribution is 5.97. The lowest BCUT2D eigenvalue weighted by atomic mass is 10.1. The molecule has 0 aliphatic heterocycles. The van der Waals surface area contributed by atoms with Crippen LogP contribution in [0.15, 0.2) is 53.5 Å². The van der Waals surface area contributed by atoms with E-state index in [0.29, 0.717) is 5.69 Å². The van der Waals surface area contributed by atoms with Crippen molar-refractivity contribution < 1.29 is 19.1 Å². The lowest BCUT2D eigenvalue weighted by Gasteiger charge is -2.05. The van der Waals surface area contributed by atoms with Gasteiger partial charge in [-0.1, -0.05) is 30.3 Å². The summed E-state index contributed by atoms with van der Waals surface area (Å²) in [6.45, 7) is 0. The number of hydrogen-bond acceptors (Lipinski definition) is 5. The lowest BCUT2D eigenvalue weighted by Crippen LogP contribution is -2.06. The van der Waals surface area contributed by atoms with Gasteiger partial charge in [0.05, 0.1) is 31.0 Å². The molecule has 2 rings (SSSR count). The van der Waals surface area contributed by atoms with Gasteiger partial charge in [0.2, 0.25) is 0 Å². The number of ether oxygens (including phenoxy) is 2. The summed E-state index contributed by atoms with van der Waals surface area (Å²) in [5.74, 6) is -1.08. The predicted molar refractivity (Wildman–Crippen MR) is 82.8 cm³/mol. The van der Waals surface area contributed by atoms with E-state index in [9.17, 15) is 9.59 Å². The van der Waals surface area contributed by atoms with Crippen LogP contribution in [0.5, 0.6) is 0 Å². The van der Waals surface area contributed by atoms with E-state index < -0.39 is 11.9 Å². The van der Waals surface area contributed by atoms with Gasteiger partial charge in [-0.15, -0.1) is 0 Å². The van der Waals surface area contributed by atoms with Gasteiger partial charge in [-0.05, 0) is 23.8 Å². The van der Waals surface area contributed by atoms with Crippen LogP contribution in [-0.4, -0.2) is 32.4 Å². The van der Waals surface area contributed by atoms with Crippen molar-refractivity contribution in [3.8, 4) is 0 Å². The number of hydrogen-bond donors (Lipinski definition) is 0. The molecule has 0 spiro atoms. The van der Waals surface area contributed by atoms with E-state index in [1.54, 1.807) is 18.3 Å². The van der Waals surface area contributed by atoms with Crippen LogP contribution in [0.1, 0.15) is 26.3 Å². The Balaban J connectivity index is 2.39. The minimum atomic E-state index is -0.540. The molecule has 0 amide bonds. The Morgan fingerprint density at radius 3 is 1.95 bits per heavy atom. The van der Waals surface area contributed by atoms with Gasteiger partial charge in [0, 0.05) is 6.21 Å². The first-order valence-corrected chi connectivity index (χ1v) is 6.55. The fraction of sp³-hybridized carbons (Fsp3) is 0.118. The number of esters is 2. The predicted octanol–water partition coefficient (Wildman–Crippen LogP) is 3.01. The number of nitrogens with zero attached hydrogens (tertiary/aromatic N) is 1. The van der Waals surface area contributed by atoms with E-state index in [-0.39, 0.29) is 11.1 Å². The number of methoxy groups -OCH3 is 2. The molecular weight excluding hydrogens is 282 g/mol. The van der Waals surface area contributed by atoms with Crippen LogP contribution >= 0.6 is 0 Å². The van der Waals surface area contributed by atoms with Crippen LogP contribution < -0.4 is 0 Å². The van der Waals surface area contributed by atoms with Gasteiger partial charge < -0.3 is 9.47 Å². The molecular formula is C17H15NO4. The molecule has 0 aromatic heterocycles. The van der Waals surface area contributed by atoms with Crippen molar-refractivity contribution in [2.24, 2.45) is 4.99 Å². The first kappa shape index (κ1) is 15.4. The van der Waals surface area contributed by atoms with Crippen LogP contribution in [0.4, 0.5) is 5.69 Å². The van der Waals surface area contributed by atoms with Crippen molar-refractivity contribution >= 4 is 23.8 Å². The molecule has 2 aromatic rings. The lowest BCUT2D eigenvalue weighted by molar-refractivity contribution is 0.0599. The zero-order valence-electron chi connectivity index (χ0n) is 12.3. The molecule has 0 N–H and O–H groups in total. The Kier molecular flexibility index (Phi) is 5.03. The normalized spacial score (nSPS) is 10.5. The topological polar surface area (TPSA) is 65.0 Å². The molecule has 0 saturated heterocycles. The first-order valence-electron chi connectivity index (χ1n) is 6.55. The highest BCUT2D eigenvalue weighted by Gasteiger charge is 2.13. The average Bonchev–Trinajstić information content (AvgIpc) is 2.59. The van der Waals surface area contributed by atoms with Crippen molar-refractivity contribution in [2.45, 2.75) is 0 Å². The molecule has 0 heterocycles. The van der Waals surface area contributed by atoms with Crippen LogP contribution in [0, 0.1) is 0 Å². The summed E-state index contributed by atoms with van der Waals surface area (Å²) in [6, 6.07) is 14.0. The molecule has 22 heavy (non-hydrogen) atoms. The summed E-state index contributed by atoms with van der Waals surface area (Å²) in [7, 11) is 2.56. The fourth-order valence-corrected chi connectivity index (χ4v) is 1.85. The molecule has 112 valence electrons. The molecule has 0 saturated carbocycles. The second-order valence-electron chi connectivity index (χ2n) is 4.42. The maximum atomic E-state index is 11.7. The SMILES string of the molecule is COC(=O)c1cc(N=Cc2ccccc2)cc(C(=O)OC)c1. The molecule has 0 aliphatic carbocycles. The maximum absolute atomic E-state index is 11.7. The van der Waals surface area contributed by atoms with Crippen molar-refractivity contribution in [3.05, 3.63) is 65.2 Å². The average molecular weight is 297 g/mol. The van der Waals surface area contributed by atoms with E-state index in [0.717, 1.165) is 5.56 Å². The Morgan fingerprint density at radius 2 is 1.45 bits per heavy atom. The minimum Gasteiger partial charge on any atom is -0.465 e. The van der Waals surface area contributed by atoms with Crippen molar-refractivity contribution in [3.63, 3.8) is 0 Å². The molecule has 2 aromatic carbocycles. The van der Waals surface area contributed by atoms with Crippen LogP contribution in [0.25, 0.3) is 0 Å². The van der Waals surface area contributed by atoms with Gasteiger partial charge in [-0.3, -0.25) is 4.99 Å². The highest BCUT2D eigenvalue weighted by atomic mass is 16.5. The number of carbonyl (C=O) groups is 2. The van der Waals surface area contributed by atoms with Crippen molar-refractivity contribution in [1.82, 2.24) is 0 Å². The monoisotopic (exact) mass is 297 g/mol. The maximum Gasteiger partial charge on any atom is 0.337 e. The largest absolute Gasteiger partial charge is 0.465 e. The van der Waals surface area contributed by atoms with E-state index in [4.69, 9.17) is 0 Å². The zero-order valence-corrected chi connectivity index (χ0v) is 12.3. The van der Waals surface area contributed by atoms with E-state index >= 15 is 0 Å². The quantitative estimate of drug-likeness (QED) is 0.642. The van der Waals surface area contributed by atoms with Gasteiger partial charge in [0.15, 0.2) is 0 Å². The van der Waals surface area contributed by atoms with E-state index in [1.807, 2.05) is 30.3 Å². The molecule has 0 bridgehead atoms. The van der Waals surface area contributed by atoms with E-state index in [1.165, 1.54) is 20.3 Å². The molecule has 5 nitrogen and oxygen atoms in total. The van der Waals surface area contributed by atoms with Gasteiger partial charge in [-0.2, -0.15) is 0 Å². The minimum absolute atomic E-state index is 0.241. The van der Waals surface area contributed by atoms with Gasteiger partial charge in [0.25, 0.3) is 0 Å². The first-order chi connectivity index (χ1) is 10.6. The van der Waals surface area contributed by atoms with Gasteiger partial charge in [0.1, 0.15) is 0 Å². The summed E-state index contributed by atoms with van der Waals surface area (Å²) in [4.78, 5) is 27.6. The third-order valence-corrected chi connectivity index (χ3v) is 2.92. The van der Waals surface area contributed by atoms with Gasteiger partial charge >= 0.3 is 11.9 Å². The van der Waals surface area contributed by atoms with Crippen LogP contribution in [0.3, 0.4) is 0 Å². The van der Waals surface area contributed by atoms with E-state index in [2.05, 4.69) is 14.5 Å². The summed E-state index contributed by atoms with van der Waals surface area (Å²) in [5, 5.41) is 0. The molecule has 5 heteroatoms. The Hall–Kier alpha value is -2.95. The summed E-state index contributed by atoms with van der Waals surface area (Å²) < 4.78 is 9.36. The molecule has 0 fully saturated rings.